The highest BCUT2D eigenvalue weighted by atomic mass is 16.5. The molecule has 0 radical (unpaired) electrons. The molecule has 0 amide bonds. The van der Waals surface area contributed by atoms with E-state index >= 15 is 0 Å². The first-order valence-electron chi connectivity index (χ1n) is 5.01. The Labute approximate surface area is 103 Å². The number of esters is 1. The fourth-order valence-corrected chi connectivity index (χ4v) is 0.325. The van der Waals surface area contributed by atoms with Gasteiger partial charge in [0.1, 0.15) is 0 Å². The van der Waals surface area contributed by atoms with E-state index in [9.17, 15) is 9.59 Å². The third-order valence-electron chi connectivity index (χ3n) is 1.26. The Kier molecular flexibility index (Phi) is 17.6. The van der Waals surface area contributed by atoms with E-state index in [0.717, 1.165) is 0 Å². The molecule has 0 atom stereocenters. The summed E-state index contributed by atoms with van der Waals surface area (Å²) in [5, 5.41) is 10.8. The molecular weight excluding hydrogens is 222 g/mol. The molecule has 5 nitrogen and oxygen atoms in total. The number of hydrogen-bond donors (Lipinski definition) is 2. The van der Waals surface area contributed by atoms with Crippen LogP contribution in [0.1, 0.15) is 20.3 Å². The Bertz CT molecular complexity index is 233. The molecule has 0 heterocycles. The van der Waals surface area contributed by atoms with Crippen molar-refractivity contribution >= 4 is 11.9 Å². The highest BCUT2D eigenvalue weighted by Crippen LogP contribution is 1.93. The number of aliphatic carboxylic acids is 1. The second-order valence-corrected chi connectivity index (χ2v) is 3.03. The number of carboxylic acids is 1. The molecular formula is C12H23NO4. The maximum absolute atomic E-state index is 10.2. The first-order valence-corrected chi connectivity index (χ1v) is 5.01. The molecule has 0 aromatic heterocycles. The smallest absolute Gasteiger partial charge is 0.332 e. The number of rotatable bonds is 3. The predicted octanol–water partition coefficient (Wildman–Crippen LogP) is 1.61. The van der Waals surface area contributed by atoms with Crippen molar-refractivity contribution in [1.82, 2.24) is 5.32 Å². The lowest BCUT2D eigenvalue weighted by molar-refractivity contribution is -0.136. The van der Waals surface area contributed by atoms with Crippen molar-refractivity contribution in [2.45, 2.75) is 20.3 Å². The monoisotopic (exact) mass is 245 g/mol. The average molecular weight is 245 g/mol. The van der Waals surface area contributed by atoms with Gasteiger partial charge >= 0.3 is 11.9 Å². The molecule has 0 fully saturated rings. The lowest BCUT2D eigenvalue weighted by Gasteiger charge is -1.91. The quantitative estimate of drug-likeness (QED) is 0.583. The van der Waals surface area contributed by atoms with E-state index < -0.39 is 5.97 Å². The maximum Gasteiger partial charge on any atom is 0.332 e. The number of ether oxygens (including phenoxy) is 1. The summed E-state index contributed by atoms with van der Waals surface area (Å²) in [7, 11) is 5.08. The number of carbonyl (C=O) groups is 2. The van der Waals surface area contributed by atoms with E-state index in [1.807, 2.05) is 14.1 Å². The van der Waals surface area contributed by atoms with Crippen LogP contribution in [0.2, 0.25) is 0 Å². The van der Waals surface area contributed by atoms with Crippen LogP contribution in [-0.2, 0) is 14.3 Å². The van der Waals surface area contributed by atoms with Crippen molar-refractivity contribution in [3.8, 4) is 0 Å². The van der Waals surface area contributed by atoms with Crippen molar-refractivity contribution in [3.63, 3.8) is 0 Å². The molecule has 0 saturated heterocycles. The van der Waals surface area contributed by atoms with Gasteiger partial charge in [0.15, 0.2) is 0 Å². The zero-order chi connectivity index (χ0) is 14.4. The molecule has 0 bridgehead atoms. The van der Waals surface area contributed by atoms with Crippen LogP contribution in [0.4, 0.5) is 0 Å². The predicted molar refractivity (Wildman–Crippen MR) is 68.9 cm³/mol. The van der Waals surface area contributed by atoms with E-state index in [0.29, 0.717) is 12.0 Å². The van der Waals surface area contributed by atoms with Crippen LogP contribution in [0.15, 0.2) is 24.3 Å². The van der Waals surface area contributed by atoms with Crippen molar-refractivity contribution in [2.75, 3.05) is 21.2 Å². The SMILES string of the molecule is C=C(C)C(=O)OC.C=C(CC)C(=O)O.CNC. The summed E-state index contributed by atoms with van der Waals surface area (Å²) < 4.78 is 4.27. The summed E-state index contributed by atoms with van der Waals surface area (Å²) in [5.41, 5.74) is 0.697. The van der Waals surface area contributed by atoms with Gasteiger partial charge in [0.25, 0.3) is 0 Å². The molecule has 0 aliphatic heterocycles. The third kappa shape index (κ3) is 20.5. The van der Waals surface area contributed by atoms with Crippen LogP contribution < -0.4 is 5.32 Å². The largest absolute Gasteiger partial charge is 0.478 e. The Morgan fingerprint density at radius 3 is 1.65 bits per heavy atom. The van der Waals surface area contributed by atoms with Crippen LogP contribution in [0.3, 0.4) is 0 Å². The van der Waals surface area contributed by atoms with Crippen molar-refractivity contribution in [3.05, 3.63) is 24.3 Å². The van der Waals surface area contributed by atoms with Gasteiger partial charge in [0.05, 0.1) is 7.11 Å². The molecule has 2 N–H and O–H groups in total. The summed E-state index contributed by atoms with van der Waals surface area (Å²) in [4.78, 5) is 20.0. The van der Waals surface area contributed by atoms with E-state index in [4.69, 9.17) is 5.11 Å². The number of carbonyl (C=O) groups excluding carboxylic acids is 1. The van der Waals surface area contributed by atoms with Crippen molar-refractivity contribution in [1.29, 1.82) is 0 Å². The molecule has 100 valence electrons. The summed E-state index contributed by atoms with van der Waals surface area (Å²) in [6, 6.07) is 0. The highest BCUT2D eigenvalue weighted by molar-refractivity contribution is 5.86. The molecule has 0 aliphatic rings. The topological polar surface area (TPSA) is 75.6 Å². The fraction of sp³-hybridized carbons (Fsp3) is 0.500. The molecule has 0 aromatic carbocycles. The normalized spacial score (nSPS) is 7.59. The van der Waals surface area contributed by atoms with Gasteiger partial charge in [-0.2, -0.15) is 0 Å². The maximum atomic E-state index is 10.2. The lowest BCUT2D eigenvalue weighted by atomic mass is 10.2. The molecule has 0 aliphatic carbocycles. The van der Waals surface area contributed by atoms with Gasteiger partial charge in [0, 0.05) is 11.1 Å². The van der Waals surface area contributed by atoms with Crippen LogP contribution in [0.5, 0.6) is 0 Å². The fourth-order valence-electron chi connectivity index (χ4n) is 0.325. The minimum Gasteiger partial charge on any atom is -0.478 e. The number of nitrogens with one attached hydrogen (secondary N) is 1. The average Bonchev–Trinajstić information content (AvgIpc) is 2.28. The van der Waals surface area contributed by atoms with Gasteiger partial charge < -0.3 is 15.2 Å². The van der Waals surface area contributed by atoms with E-state index in [1.54, 1.807) is 13.8 Å². The van der Waals surface area contributed by atoms with Gasteiger partial charge in [0.2, 0.25) is 0 Å². The Morgan fingerprint density at radius 2 is 1.65 bits per heavy atom. The van der Waals surface area contributed by atoms with Crippen LogP contribution in [-0.4, -0.2) is 38.3 Å². The summed E-state index contributed by atoms with van der Waals surface area (Å²) in [6.07, 6.45) is 0.523. The summed E-state index contributed by atoms with van der Waals surface area (Å²) in [6.45, 7) is 9.99. The zero-order valence-electron chi connectivity index (χ0n) is 11.3. The summed E-state index contributed by atoms with van der Waals surface area (Å²) >= 11 is 0. The molecule has 0 unspecified atom stereocenters. The number of carboxylic acid groups (broad SMARTS) is 1. The standard InChI is InChI=1S/2C5H8O2.C2H7N/c1-4(2)5(6)7-3;1-3-4(2)5(6)7;1-3-2/h1H2,2-3H3;2-3H2,1H3,(H,6,7);3H,1-2H3. The highest BCUT2D eigenvalue weighted by Gasteiger charge is 1.96. The second kappa shape index (κ2) is 14.4. The second-order valence-electron chi connectivity index (χ2n) is 3.03. The van der Waals surface area contributed by atoms with Gasteiger partial charge in [-0.25, -0.2) is 9.59 Å². The van der Waals surface area contributed by atoms with Gasteiger partial charge in [-0.3, -0.25) is 0 Å². The zero-order valence-corrected chi connectivity index (χ0v) is 11.3. The minimum atomic E-state index is -0.900. The van der Waals surface area contributed by atoms with Crippen molar-refractivity contribution < 1.29 is 19.4 Å². The lowest BCUT2D eigenvalue weighted by Crippen LogP contribution is -1.98. The van der Waals surface area contributed by atoms with Crippen molar-refractivity contribution in [2.24, 2.45) is 0 Å². The molecule has 17 heavy (non-hydrogen) atoms. The first kappa shape index (κ1) is 20.8. The van der Waals surface area contributed by atoms with Crippen LogP contribution >= 0.6 is 0 Å². The Morgan fingerprint density at radius 1 is 1.29 bits per heavy atom. The molecule has 0 saturated carbocycles. The summed E-state index contributed by atoms with van der Waals surface area (Å²) in [5.74, 6) is -1.25. The Hall–Kier alpha value is -1.62. The van der Waals surface area contributed by atoms with E-state index in [-0.39, 0.29) is 11.5 Å². The van der Waals surface area contributed by atoms with E-state index in [1.165, 1.54) is 7.11 Å². The molecule has 0 rings (SSSR count). The minimum absolute atomic E-state index is 0.264. The Balaban J connectivity index is -0.000000188. The first-order chi connectivity index (χ1) is 7.78. The van der Waals surface area contributed by atoms with Gasteiger partial charge in [-0.15, -0.1) is 0 Å². The molecule has 0 spiro atoms. The molecule has 0 aromatic rings. The van der Waals surface area contributed by atoms with Gasteiger partial charge in [-0.05, 0) is 27.4 Å². The van der Waals surface area contributed by atoms with Crippen LogP contribution in [0.25, 0.3) is 0 Å². The van der Waals surface area contributed by atoms with E-state index in [2.05, 4.69) is 23.2 Å². The third-order valence-corrected chi connectivity index (χ3v) is 1.26. The van der Waals surface area contributed by atoms with Crippen LogP contribution in [0, 0.1) is 0 Å². The number of hydrogen-bond acceptors (Lipinski definition) is 4. The molecule has 5 heteroatoms. The number of methoxy groups -OCH3 is 1. The van der Waals surface area contributed by atoms with Gasteiger partial charge in [-0.1, -0.05) is 20.1 Å².